The fraction of sp³-hybridized carbons (Fsp3) is 0.250. The Morgan fingerprint density at radius 2 is 1.73 bits per heavy atom. The Labute approximate surface area is 190 Å². The van der Waals surface area contributed by atoms with Gasteiger partial charge in [0.25, 0.3) is 0 Å². The molecule has 0 radical (unpaired) electrons. The van der Waals surface area contributed by atoms with Crippen molar-refractivity contribution in [1.29, 1.82) is 0 Å². The topological polar surface area (TPSA) is 98.8 Å². The Morgan fingerprint density at radius 1 is 0.970 bits per heavy atom. The maximum Gasteiger partial charge on any atom is 0.419 e. The molecule has 1 aromatic heterocycles. The number of hydrogen-bond acceptors (Lipinski definition) is 6. The van der Waals surface area contributed by atoms with Gasteiger partial charge in [0.15, 0.2) is 5.58 Å². The highest BCUT2D eigenvalue weighted by Crippen LogP contribution is 2.25. The minimum atomic E-state index is -3.62. The first-order chi connectivity index (χ1) is 15.9. The molecule has 1 fully saturated rings. The van der Waals surface area contributed by atoms with Crippen LogP contribution in [0.3, 0.4) is 0 Å². The number of hydrogen-bond donors (Lipinski definition) is 0. The summed E-state index contributed by atoms with van der Waals surface area (Å²) in [5.74, 6) is -0.709. The van der Waals surface area contributed by atoms with E-state index >= 15 is 0 Å². The van der Waals surface area contributed by atoms with Crippen molar-refractivity contribution < 1.29 is 22.4 Å². The largest absolute Gasteiger partial charge is 0.426 e. The normalized spacial score (nSPS) is 14.8. The molecule has 2 heterocycles. The minimum Gasteiger partial charge on any atom is -0.426 e. The molecule has 1 aliphatic heterocycles. The number of rotatable bonds is 6. The highest BCUT2D eigenvalue weighted by Gasteiger charge is 2.28. The molecule has 0 saturated carbocycles. The molecule has 3 aromatic carbocycles. The Morgan fingerprint density at radius 3 is 2.52 bits per heavy atom. The minimum absolute atomic E-state index is 0.0464. The van der Waals surface area contributed by atoms with Gasteiger partial charge in [0, 0.05) is 25.7 Å². The molecule has 170 valence electrons. The molecule has 0 atom stereocenters. The summed E-state index contributed by atoms with van der Waals surface area (Å²) in [6.45, 7) is 1.03. The van der Waals surface area contributed by atoms with Crippen molar-refractivity contribution in [3.05, 3.63) is 71.2 Å². The van der Waals surface area contributed by atoms with Crippen LogP contribution in [0.15, 0.2) is 74.8 Å². The number of carbonyl (C=O) groups excluding carboxylic acids is 1. The SMILES string of the molecule is O=C(CCn1c(=O)oc2cc(S(=O)(=O)N3CCCC3)ccc21)Oc1ccc2ccccc2c1. The molecule has 0 spiro atoms. The van der Waals surface area contributed by atoms with Crippen LogP contribution in [0.25, 0.3) is 21.9 Å². The lowest BCUT2D eigenvalue weighted by molar-refractivity contribution is -0.134. The standard InChI is InChI=1S/C24H22N2O6S/c27-23(31-19-8-7-17-5-1-2-6-18(17)15-19)11-14-26-21-10-9-20(16-22(21)32-24(26)28)33(29,30)25-12-3-4-13-25/h1-2,5-10,15-16H,3-4,11-14H2. The average Bonchev–Trinajstić information content (AvgIpc) is 3.45. The number of benzene rings is 3. The van der Waals surface area contributed by atoms with E-state index in [0.29, 0.717) is 24.4 Å². The molecule has 1 aliphatic rings. The molecule has 8 nitrogen and oxygen atoms in total. The number of esters is 1. The maximum absolute atomic E-state index is 12.8. The van der Waals surface area contributed by atoms with E-state index in [0.717, 1.165) is 23.6 Å². The van der Waals surface area contributed by atoms with Gasteiger partial charge in [-0.15, -0.1) is 0 Å². The van der Waals surface area contributed by atoms with Crippen molar-refractivity contribution in [2.24, 2.45) is 0 Å². The van der Waals surface area contributed by atoms with Gasteiger partial charge in [-0.05, 0) is 47.9 Å². The van der Waals surface area contributed by atoms with Gasteiger partial charge in [0.05, 0.1) is 16.8 Å². The molecular weight excluding hydrogens is 444 g/mol. The van der Waals surface area contributed by atoms with Crippen LogP contribution >= 0.6 is 0 Å². The van der Waals surface area contributed by atoms with Gasteiger partial charge in [0.2, 0.25) is 10.0 Å². The molecule has 4 aromatic rings. The molecule has 0 aliphatic carbocycles. The van der Waals surface area contributed by atoms with Crippen LogP contribution in [-0.2, 0) is 21.4 Å². The van der Waals surface area contributed by atoms with Crippen LogP contribution < -0.4 is 10.5 Å². The number of carbonyl (C=O) groups is 1. The Hall–Kier alpha value is -3.43. The third-order valence-electron chi connectivity index (χ3n) is 5.83. The predicted molar refractivity (Wildman–Crippen MR) is 123 cm³/mol. The smallest absolute Gasteiger partial charge is 0.419 e. The molecule has 5 rings (SSSR count). The van der Waals surface area contributed by atoms with E-state index in [-0.39, 0.29) is 23.4 Å². The molecule has 33 heavy (non-hydrogen) atoms. The summed E-state index contributed by atoms with van der Waals surface area (Å²) in [6, 6.07) is 17.5. The van der Waals surface area contributed by atoms with E-state index in [1.807, 2.05) is 30.3 Å². The van der Waals surface area contributed by atoms with Crippen LogP contribution in [0.1, 0.15) is 19.3 Å². The van der Waals surface area contributed by atoms with E-state index < -0.39 is 21.7 Å². The van der Waals surface area contributed by atoms with Crippen LogP contribution in [0.4, 0.5) is 0 Å². The number of oxazole rings is 1. The van der Waals surface area contributed by atoms with Crippen LogP contribution in [-0.4, -0.2) is 36.3 Å². The molecule has 0 N–H and O–H groups in total. The van der Waals surface area contributed by atoms with Crippen molar-refractivity contribution in [3.8, 4) is 5.75 Å². The summed E-state index contributed by atoms with van der Waals surface area (Å²) in [6.07, 6.45) is 1.62. The van der Waals surface area contributed by atoms with Gasteiger partial charge in [-0.1, -0.05) is 30.3 Å². The Balaban J connectivity index is 1.31. The zero-order valence-electron chi connectivity index (χ0n) is 17.8. The van der Waals surface area contributed by atoms with Crippen LogP contribution in [0.5, 0.6) is 5.75 Å². The van der Waals surface area contributed by atoms with E-state index in [4.69, 9.17) is 9.15 Å². The van der Waals surface area contributed by atoms with E-state index in [9.17, 15) is 18.0 Å². The fourth-order valence-corrected chi connectivity index (χ4v) is 5.65. The molecule has 1 saturated heterocycles. The first-order valence-corrected chi connectivity index (χ1v) is 12.2. The van der Waals surface area contributed by atoms with Gasteiger partial charge in [-0.3, -0.25) is 9.36 Å². The van der Waals surface area contributed by atoms with Crippen molar-refractivity contribution in [2.75, 3.05) is 13.1 Å². The summed E-state index contributed by atoms with van der Waals surface area (Å²) in [7, 11) is -3.62. The second-order valence-electron chi connectivity index (χ2n) is 7.99. The van der Waals surface area contributed by atoms with Gasteiger partial charge in [-0.25, -0.2) is 13.2 Å². The van der Waals surface area contributed by atoms with E-state index in [2.05, 4.69) is 0 Å². The molecular formula is C24H22N2O6S. The molecule has 9 heteroatoms. The molecule has 0 unspecified atom stereocenters. The quantitative estimate of drug-likeness (QED) is 0.318. The first kappa shape index (κ1) is 21.4. The third-order valence-corrected chi connectivity index (χ3v) is 7.73. The number of aromatic nitrogens is 1. The van der Waals surface area contributed by atoms with Gasteiger partial charge in [0.1, 0.15) is 5.75 Å². The second kappa shape index (κ2) is 8.49. The van der Waals surface area contributed by atoms with Gasteiger partial charge in [-0.2, -0.15) is 4.31 Å². The lowest BCUT2D eigenvalue weighted by Gasteiger charge is -2.15. The summed E-state index contributed by atoms with van der Waals surface area (Å²) in [5, 5.41) is 2.00. The third kappa shape index (κ3) is 4.17. The number of ether oxygens (including phenoxy) is 1. The number of nitrogens with zero attached hydrogens (tertiary/aromatic N) is 2. The van der Waals surface area contributed by atoms with Gasteiger partial charge >= 0.3 is 11.7 Å². The number of fused-ring (bicyclic) bond motifs is 2. The lowest BCUT2D eigenvalue weighted by Crippen LogP contribution is -2.27. The van der Waals surface area contributed by atoms with E-state index in [1.54, 1.807) is 12.1 Å². The first-order valence-electron chi connectivity index (χ1n) is 10.7. The Kier molecular flexibility index (Phi) is 5.51. The highest BCUT2D eigenvalue weighted by atomic mass is 32.2. The predicted octanol–water partition coefficient (Wildman–Crippen LogP) is 3.53. The van der Waals surface area contributed by atoms with Crippen molar-refractivity contribution in [3.63, 3.8) is 0 Å². The second-order valence-corrected chi connectivity index (χ2v) is 9.93. The van der Waals surface area contributed by atoms with Crippen LogP contribution in [0, 0.1) is 0 Å². The van der Waals surface area contributed by atoms with Crippen molar-refractivity contribution in [1.82, 2.24) is 8.87 Å². The van der Waals surface area contributed by atoms with Crippen molar-refractivity contribution >= 4 is 37.9 Å². The summed E-state index contributed by atoms with van der Waals surface area (Å²) < 4.78 is 39.0. The molecule has 0 bridgehead atoms. The summed E-state index contributed by atoms with van der Waals surface area (Å²) >= 11 is 0. The monoisotopic (exact) mass is 466 g/mol. The number of aryl methyl sites for hydroxylation is 1. The van der Waals surface area contributed by atoms with Crippen LogP contribution in [0.2, 0.25) is 0 Å². The van der Waals surface area contributed by atoms with Crippen molar-refractivity contribution in [2.45, 2.75) is 30.7 Å². The van der Waals surface area contributed by atoms with E-state index in [1.165, 1.54) is 27.1 Å². The summed E-state index contributed by atoms with van der Waals surface area (Å²) in [5.41, 5.74) is 0.599. The number of sulfonamides is 1. The Bertz CT molecular complexity index is 1510. The maximum atomic E-state index is 12.8. The fourth-order valence-electron chi connectivity index (χ4n) is 4.11. The molecule has 0 amide bonds. The highest BCUT2D eigenvalue weighted by molar-refractivity contribution is 7.89. The zero-order chi connectivity index (χ0) is 23.0. The summed E-state index contributed by atoms with van der Waals surface area (Å²) in [4.78, 5) is 24.8. The van der Waals surface area contributed by atoms with Gasteiger partial charge < -0.3 is 9.15 Å². The lowest BCUT2D eigenvalue weighted by atomic mass is 10.1. The zero-order valence-corrected chi connectivity index (χ0v) is 18.6. The average molecular weight is 467 g/mol.